The second-order valence-electron chi connectivity index (χ2n) is 17.5. The number of ether oxygens (including phenoxy) is 3. The zero-order chi connectivity index (χ0) is 46.1. The Hall–Kier alpha value is -3.47. The number of aliphatic hydroxyl groups excluding tert-OH is 2. The lowest BCUT2D eigenvalue weighted by Crippen LogP contribution is -2.54. The topological polar surface area (TPSA) is 239 Å². The summed E-state index contributed by atoms with van der Waals surface area (Å²) >= 11 is 6.01. The van der Waals surface area contributed by atoms with Crippen LogP contribution in [-0.2, 0) is 46.4 Å². The number of hydrogen-bond acceptors (Lipinski definition) is 13. The van der Waals surface area contributed by atoms with E-state index in [1.165, 1.54) is 12.6 Å². The summed E-state index contributed by atoms with van der Waals surface area (Å²) in [6, 6.07) is -0.166. The molecule has 1 aliphatic heterocycles. The number of piperidine rings is 1. The number of aliphatic carboxylic acids is 1. The third-order valence-electron chi connectivity index (χ3n) is 12.9. The van der Waals surface area contributed by atoms with Gasteiger partial charge in [-0.15, -0.1) is 16.7 Å². The van der Waals surface area contributed by atoms with E-state index in [1.807, 2.05) is 10.9 Å². The fourth-order valence-corrected chi connectivity index (χ4v) is 9.68. The van der Waals surface area contributed by atoms with Gasteiger partial charge in [-0.25, -0.2) is 10.2 Å². The molecule has 3 saturated carbocycles. The molecule has 10 atom stereocenters. The van der Waals surface area contributed by atoms with Gasteiger partial charge >= 0.3 is 12.1 Å². The van der Waals surface area contributed by atoms with Gasteiger partial charge in [0.2, 0.25) is 11.8 Å². The molecule has 5 rings (SSSR count). The third kappa shape index (κ3) is 16.4. The Morgan fingerprint density at radius 2 is 1.59 bits per heavy atom. The highest BCUT2D eigenvalue weighted by atomic mass is 35.5. The summed E-state index contributed by atoms with van der Waals surface area (Å²) in [5.74, 6) is -5.68. The average Bonchev–Trinajstić information content (AvgIpc) is 3.73. The molecule has 64 heavy (non-hydrogen) atoms. The van der Waals surface area contributed by atoms with Gasteiger partial charge in [0.05, 0.1) is 57.2 Å². The molecule has 3 amide bonds. The lowest BCUT2D eigenvalue weighted by Gasteiger charge is -2.42. The first-order valence-electron chi connectivity index (χ1n) is 22.8. The number of carbonyl (C=O) groups excluding carboxylic acids is 3. The van der Waals surface area contributed by atoms with Crippen LogP contribution in [0.1, 0.15) is 89.2 Å². The number of rotatable bonds is 23. The van der Waals surface area contributed by atoms with Crippen LogP contribution in [0.15, 0.2) is 11.3 Å². The van der Waals surface area contributed by atoms with E-state index >= 15 is 0 Å². The van der Waals surface area contributed by atoms with Crippen LogP contribution in [0.3, 0.4) is 0 Å². The van der Waals surface area contributed by atoms with Crippen molar-refractivity contribution in [2.45, 2.75) is 132 Å². The number of carboxylic acid groups (broad SMARTS) is 1. The number of nitrogens with one attached hydrogen (secondary N) is 3. The van der Waals surface area contributed by atoms with Crippen molar-refractivity contribution in [2.75, 3.05) is 59.3 Å². The Morgan fingerprint density at radius 1 is 0.875 bits per heavy atom. The van der Waals surface area contributed by atoms with E-state index < -0.39 is 53.4 Å². The molecule has 22 heteroatoms. The smallest absolute Gasteiger partial charge is 0.393 e. The standard InChI is InChI=1S/C42H66ClF3N8O10/c43-34-9-7-27(22-33(34)42(44,45)46)24-48-51-39(58)32-23-31(53-13-2-1-3-14-53)8-10-35(32)49-38(57)29-6-4-5-28(21-29)25-54-26-30(50-52-54)11-15-62-17-19-64-20-18-63-16-12-47-40(59)36(55)37(56)41(60)61/h24,26-29,31-37,55-56H,1-23,25H2,(H,47,59)(H,49,57)(H,51,58)(H,60,61)/b48-24+. The van der Waals surface area contributed by atoms with Gasteiger partial charge in [0.25, 0.3) is 5.91 Å². The lowest BCUT2D eigenvalue weighted by atomic mass is 9.78. The normalized spacial score (nSPS) is 28.0. The first-order chi connectivity index (χ1) is 30.7. The molecule has 1 aromatic rings. The minimum atomic E-state index is -4.39. The first kappa shape index (κ1) is 51.5. The van der Waals surface area contributed by atoms with Gasteiger partial charge in [-0.2, -0.15) is 18.3 Å². The van der Waals surface area contributed by atoms with Gasteiger partial charge in [0.15, 0.2) is 12.2 Å². The van der Waals surface area contributed by atoms with Crippen LogP contribution in [-0.4, -0.2) is 160 Å². The van der Waals surface area contributed by atoms with Crippen LogP contribution < -0.4 is 16.1 Å². The second kappa shape index (κ2) is 26.0. The summed E-state index contributed by atoms with van der Waals surface area (Å²) in [6.45, 7) is 4.31. The number of aliphatic hydroxyl groups is 2. The number of alkyl halides is 4. The minimum absolute atomic E-state index is 0.0132. The van der Waals surface area contributed by atoms with Crippen LogP contribution in [0.4, 0.5) is 13.2 Å². The molecule has 362 valence electrons. The minimum Gasteiger partial charge on any atom is -0.479 e. The third-order valence-corrected chi connectivity index (χ3v) is 13.4. The first-order valence-corrected chi connectivity index (χ1v) is 23.2. The van der Waals surface area contributed by atoms with Gasteiger partial charge in [-0.1, -0.05) is 18.1 Å². The number of carbonyl (C=O) groups is 4. The van der Waals surface area contributed by atoms with Crippen molar-refractivity contribution in [3.63, 3.8) is 0 Å². The maximum Gasteiger partial charge on any atom is 0.393 e. The number of likely N-dealkylation sites (tertiary alicyclic amines) is 1. The highest BCUT2D eigenvalue weighted by Crippen LogP contribution is 2.42. The Labute approximate surface area is 376 Å². The number of hydrazone groups is 1. The molecule has 4 aliphatic rings. The van der Waals surface area contributed by atoms with Crippen LogP contribution in [0.2, 0.25) is 0 Å². The zero-order valence-corrected chi connectivity index (χ0v) is 37.1. The highest BCUT2D eigenvalue weighted by molar-refractivity contribution is 6.20. The molecular formula is C42H66ClF3N8O10. The van der Waals surface area contributed by atoms with Crippen molar-refractivity contribution in [3.8, 4) is 0 Å². The molecule has 1 aromatic heterocycles. The number of halogens is 4. The quantitative estimate of drug-likeness (QED) is 0.0401. The molecule has 0 spiro atoms. The van der Waals surface area contributed by atoms with E-state index in [9.17, 15) is 42.6 Å². The number of carboxylic acids is 1. The predicted octanol–water partition coefficient (Wildman–Crippen LogP) is 2.43. The van der Waals surface area contributed by atoms with Crippen LogP contribution in [0.25, 0.3) is 0 Å². The Morgan fingerprint density at radius 3 is 2.31 bits per heavy atom. The van der Waals surface area contributed by atoms with Crippen LogP contribution in [0, 0.1) is 29.6 Å². The Bertz CT molecular complexity index is 1660. The largest absolute Gasteiger partial charge is 0.479 e. The second-order valence-corrected chi connectivity index (χ2v) is 18.1. The summed E-state index contributed by atoms with van der Waals surface area (Å²) in [7, 11) is 0. The Kier molecular flexibility index (Phi) is 20.9. The molecule has 2 heterocycles. The molecule has 18 nitrogen and oxygen atoms in total. The fourth-order valence-electron chi connectivity index (χ4n) is 9.31. The van der Waals surface area contributed by atoms with E-state index in [0.29, 0.717) is 58.5 Å². The van der Waals surface area contributed by atoms with Crippen molar-refractivity contribution >= 4 is 41.5 Å². The molecule has 0 radical (unpaired) electrons. The summed E-state index contributed by atoms with van der Waals surface area (Å²) in [4.78, 5) is 52.3. The number of amides is 3. The van der Waals surface area contributed by atoms with Crippen LogP contribution >= 0.6 is 11.6 Å². The van der Waals surface area contributed by atoms with Gasteiger partial charge < -0.3 is 45.1 Å². The number of hydrogen-bond donors (Lipinski definition) is 6. The van der Waals surface area contributed by atoms with Crippen molar-refractivity contribution < 1.29 is 61.9 Å². The Balaban J connectivity index is 0.994. The molecule has 3 aliphatic carbocycles. The van der Waals surface area contributed by atoms with Gasteiger partial charge in [0, 0.05) is 55.3 Å². The zero-order valence-electron chi connectivity index (χ0n) is 36.3. The molecule has 0 bridgehead atoms. The molecule has 10 unspecified atom stereocenters. The average molecular weight is 935 g/mol. The van der Waals surface area contributed by atoms with Gasteiger partial charge in [-0.05, 0) is 95.6 Å². The predicted molar refractivity (Wildman–Crippen MR) is 226 cm³/mol. The molecule has 1 saturated heterocycles. The van der Waals surface area contributed by atoms with E-state index in [1.54, 1.807) is 0 Å². The molecule has 4 fully saturated rings. The maximum absolute atomic E-state index is 13.8. The van der Waals surface area contributed by atoms with Crippen molar-refractivity contribution in [3.05, 3.63) is 11.9 Å². The van der Waals surface area contributed by atoms with Gasteiger partial charge in [0.1, 0.15) is 0 Å². The van der Waals surface area contributed by atoms with E-state index in [0.717, 1.165) is 57.3 Å². The van der Waals surface area contributed by atoms with Crippen molar-refractivity contribution in [1.29, 1.82) is 0 Å². The molecule has 0 aromatic carbocycles. The lowest BCUT2D eigenvalue weighted by molar-refractivity contribution is -0.182. The van der Waals surface area contributed by atoms with Crippen LogP contribution in [0.5, 0.6) is 0 Å². The fraction of sp³-hybridized carbons (Fsp3) is 0.833. The molecular weight excluding hydrogens is 869 g/mol. The molecule has 6 N–H and O–H groups in total. The number of nitrogens with zero attached hydrogens (tertiary/aromatic N) is 5. The summed E-state index contributed by atoms with van der Waals surface area (Å²) in [5.41, 5.74) is 3.41. The number of aromatic nitrogens is 3. The highest BCUT2D eigenvalue weighted by Gasteiger charge is 2.47. The van der Waals surface area contributed by atoms with Gasteiger partial charge in [-0.3, -0.25) is 19.1 Å². The summed E-state index contributed by atoms with van der Waals surface area (Å²) in [6.07, 6.45) is 4.49. The summed E-state index contributed by atoms with van der Waals surface area (Å²) < 4.78 is 58.8. The summed E-state index contributed by atoms with van der Waals surface area (Å²) in [5, 5.41) is 44.6. The monoisotopic (exact) mass is 934 g/mol. The van der Waals surface area contributed by atoms with Crippen molar-refractivity contribution in [1.82, 2.24) is 36.0 Å². The van der Waals surface area contributed by atoms with E-state index in [-0.39, 0.29) is 74.9 Å². The SMILES string of the molecule is O=C(NC1CCC(N2CCCCC2)CC1C(=O)N/N=C/C1CCC(Cl)C(C(F)(F)F)C1)C1CCCC(Cn2cc(CCOCCOCCOCCNC(=O)C(O)C(O)C(=O)O)nn2)C1. The van der Waals surface area contributed by atoms with E-state index in [4.69, 9.17) is 30.9 Å². The maximum atomic E-state index is 13.8. The van der Waals surface area contributed by atoms with E-state index in [2.05, 4.69) is 36.4 Å². The van der Waals surface area contributed by atoms with Crippen molar-refractivity contribution in [2.24, 2.45) is 34.7 Å².